The van der Waals surface area contributed by atoms with Crippen LogP contribution in [0.5, 0.6) is 0 Å². The van der Waals surface area contributed by atoms with Crippen LogP contribution in [-0.4, -0.2) is 78.7 Å². The fraction of sp³-hybridized carbons (Fsp3) is 0.857. The van der Waals surface area contributed by atoms with Gasteiger partial charge in [0.25, 0.3) is 0 Å². The average Bonchev–Trinajstić information content (AvgIpc) is 3.43. The minimum absolute atomic E-state index is 0.0733. The molecule has 2 aliphatic heterocycles. The summed E-state index contributed by atoms with van der Waals surface area (Å²) in [7, 11) is 3.22. The number of aliphatic hydroxyl groups excluding tert-OH is 1. The summed E-state index contributed by atoms with van der Waals surface area (Å²) in [4.78, 5) is 26.0. The number of hydrogen-bond donors (Lipinski definition) is 1. The van der Waals surface area contributed by atoms with Crippen LogP contribution in [0.3, 0.4) is 0 Å². The topological polar surface area (TPSA) is 101 Å². The Kier molecular flexibility index (Phi) is 7.71. The van der Waals surface area contributed by atoms with Crippen molar-refractivity contribution in [2.45, 2.75) is 113 Å². The van der Waals surface area contributed by atoms with Crippen LogP contribution in [0.2, 0.25) is 0 Å². The van der Waals surface area contributed by atoms with E-state index < -0.39 is 34.7 Å². The Balaban J connectivity index is 1.53. The van der Waals surface area contributed by atoms with Gasteiger partial charge in [-0.3, -0.25) is 9.59 Å². The number of halogens is 1. The number of Topliss-reactive ketones (excluding diaryl/α,β-unsaturated/α-hetero) is 1. The van der Waals surface area contributed by atoms with Gasteiger partial charge in [-0.15, -0.1) is 11.6 Å². The van der Waals surface area contributed by atoms with E-state index >= 15 is 0 Å². The van der Waals surface area contributed by atoms with Crippen molar-refractivity contribution in [2.24, 2.45) is 17.8 Å². The van der Waals surface area contributed by atoms with Crippen LogP contribution in [0.15, 0.2) is 11.3 Å². The summed E-state index contributed by atoms with van der Waals surface area (Å²) in [5.41, 5.74) is -1.22. The smallest absolute Gasteiger partial charge is 0.302 e. The molecule has 8 nitrogen and oxygen atoms in total. The highest BCUT2D eigenvalue weighted by Gasteiger charge is 2.70. The van der Waals surface area contributed by atoms with Gasteiger partial charge in [-0.2, -0.15) is 0 Å². The van der Waals surface area contributed by atoms with E-state index in [0.717, 1.165) is 31.3 Å². The summed E-state index contributed by atoms with van der Waals surface area (Å²) in [6.07, 6.45) is 5.35. The zero-order chi connectivity index (χ0) is 26.5. The van der Waals surface area contributed by atoms with Gasteiger partial charge in [0, 0.05) is 51.9 Å². The van der Waals surface area contributed by atoms with Gasteiger partial charge < -0.3 is 28.8 Å². The molecule has 0 aromatic carbocycles. The molecule has 0 aromatic heterocycles. The predicted octanol–water partition coefficient (Wildman–Crippen LogP) is 3.70. The highest BCUT2D eigenvalue weighted by Crippen LogP contribution is 2.59. The monoisotopic (exact) mass is 540 g/mol. The fourth-order valence-electron chi connectivity index (χ4n) is 7.82. The molecule has 2 heterocycles. The molecule has 5 aliphatic rings. The number of hydrogen-bond acceptors (Lipinski definition) is 8. The van der Waals surface area contributed by atoms with Gasteiger partial charge in [0.1, 0.15) is 11.4 Å². The van der Waals surface area contributed by atoms with E-state index in [2.05, 4.69) is 0 Å². The van der Waals surface area contributed by atoms with Crippen molar-refractivity contribution in [2.75, 3.05) is 20.8 Å². The third kappa shape index (κ3) is 4.35. The van der Waals surface area contributed by atoms with E-state index in [0.29, 0.717) is 31.4 Å². The van der Waals surface area contributed by atoms with Gasteiger partial charge in [-0.1, -0.05) is 26.2 Å². The molecule has 3 aliphatic carbocycles. The Morgan fingerprint density at radius 2 is 1.84 bits per heavy atom. The Labute approximate surface area is 224 Å². The fourth-order valence-corrected chi connectivity index (χ4v) is 8.24. The number of ketones is 1. The van der Waals surface area contributed by atoms with Crippen LogP contribution in [-0.2, 0) is 33.3 Å². The number of carbonyl (C=O) groups is 2. The summed E-state index contributed by atoms with van der Waals surface area (Å²) < 4.78 is 30.5. The lowest BCUT2D eigenvalue weighted by Gasteiger charge is -2.43. The molecule has 0 bridgehead atoms. The van der Waals surface area contributed by atoms with Crippen molar-refractivity contribution in [1.82, 2.24) is 0 Å². The molecule has 2 saturated carbocycles. The number of ether oxygens (including phenoxy) is 5. The lowest BCUT2D eigenvalue weighted by atomic mass is 9.68. The molecule has 1 saturated heterocycles. The van der Waals surface area contributed by atoms with Gasteiger partial charge >= 0.3 is 5.97 Å². The third-order valence-electron chi connectivity index (χ3n) is 9.76. The van der Waals surface area contributed by atoms with E-state index in [-0.39, 0.29) is 42.4 Å². The number of esters is 1. The van der Waals surface area contributed by atoms with E-state index in [1.807, 2.05) is 6.92 Å². The van der Waals surface area contributed by atoms with E-state index in [9.17, 15) is 14.7 Å². The summed E-state index contributed by atoms with van der Waals surface area (Å²) in [6.45, 7) is 3.58. The SMILES string of the molecule is COC1CC(OC)C2C(=O)[C@@]3(OC2C1Cl)C1=C(CC(CCOC(C)=O)(C2CCCCC2)O1)C(O)C[C@H]3C. The maximum absolute atomic E-state index is 14.4. The van der Waals surface area contributed by atoms with Crippen LogP contribution >= 0.6 is 11.6 Å². The lowest BCUT2D eigenvalue weighted by Crippen LogP contribution is -2.52. The summed E-state index contributed by atoms with van der Waals surface area (Å²) >= 11 is 6.86. The number of aliphatic hydroxyl groups is 1. The van der Waals surface area contributed by atoms with Crippen molar-refractivity contribution in [1.29, 1.82) is 0 Å². The number of rotatable bonds is 6. The van der Waals surface area contributed by atoms with Gasteiger partial charge in [0.15, 0.2) is 11.4 Å². The van der Waals surface area contributed by atoms with Crippen molar-refractivity contribution in [3.8, 4) is 0 Å². The molecule has 1 spiro atoms. The maximum Gasteiger partial charge on any atom is 0.302 e. The van der Waals surface area contributed by atoms with Crippen LogP contribution in [0.25, 0.3) is 0 Å². The standard InChI is InChI=1S/C28H41ClO8/c1-15-12-19(31)18-14-27(10-11-35-16(2)30,17-8-6-5-7-9-17)37-26(18)28(15)25(32)22-20(33-3)13-21(34-4)23(29)24(22)36-28/h15,17,19-24,31H,5-14H2,1-4H3/t15-,19?,20?,21?,22?,23?,24?,27?,28-/m1/s1. The molecule has 208 valence electrons. The number of alkyl halides is 1. The molecule has 0 radical (unpaired) electrons. The second-order valence-electron chi connectivity index (χ2n) is 11.7. The zero-order valence-electron chi connectivity index (χ0n) is 22.4. The highest BCUT2D eigenvalue weighted by molar-refractivity contribution is 6.22. The predicted molar refractivity (Wildman–Crippen MR) is 135 cm³/mol. The normalized spacial score (nSPS) is 44.1. The molecule has 0 amide bonds. The molecular formula is C28H41ClO8. The summed E-state index contributed by atoms with van der Waals surface area (Å²) in [5.74, 6) is -0.539. The molecule has 3 fully saturated rings. The summed E-state index contributed by atoms with van der Waals surface area (Å²) in [6, 6.07) is 0. The van der Waals surface area contributed by atoms with Crippen molar-refractivity contribution >= 4 is 23.4 Å². The number of fused-ring (bicyclic) bond motifs is 2. The quantitative estimate of drug-likeness (QED) is 0.402. The molecular weight excluding hydrogens is 500 g/mol. The van der Waals surface area contributed by atoms with E-state index in [4.69, 9.17) is 35.3 Å². The van der Waals surface area contributed by atoms with Gasteiger partial charge in [-0.25, -0.2) is 0 Å². The first-order chi connectivity index (χ1) is 17.7. The van der Waals surface area contributed by atoms with Gasteiger partial charge in [0.05, 0.1) is 42.3 Å². The zero-order valence-corrected chi connectivity index (χ0v) is 23.1. The second-order valence-corrected chi connectivity index (χ2v) is 12.2. The second kappa shape index (κ2) is 10.4. The molecule has 1 N–H and O–H groups in total. The van der Waals surface area contributed by atoms with Crippen LogP contribution in [0.4, 0.5) is 0 Å². The Bertz CT molecular complexity index is 931. The van der Waals surface area contributed by atoms with E-state index in [1.54, 1.807) is 14.2 Å². The average molecular weight is 541 g/mol. The third-order valence-corrected chi connectivity index (χ3v) is 10.3. The number of carbonyl (C=O) groups excluding carboxylic acids is 2. The van der Waals surface area contributed by atoms with Gasteiger partial charge in [0.2, 0.25) is 0 Å². The molecule has 5 rings (SSSR count). The molecule has 37 heavy (non-hydrogen) atoms. The molecule has 9 atom stereocenters. The van der Waals surface area contributed by atoms with Crippen LogP contribution in [0.1, 0.15) is 71.6 Å². The Morgan fingerprint density at radius 3 is 2.49 bits per heavy atom. The van der Waals surface area contributed by atoms with Crippen molar-refractivity contribution < 1.29 is 38.4 Å². The van der Waals surface area contributed by atoms with Crippen molar-refractivity contribution in [3.05, 3.63) is 11.3 Å². The lowest BCUT2D eigenvalue weighted by molar-refractivity contribution is -0.157. The molecule has 7 unspecified atom stereocenters. The first-order valence-electron chi connectivity index (χ1n) is 13.8. The minimum atomic E-state index is -1.33. The maximum atomic E-state index is 14.4. The first-order valence-corrected chi connectivity index (χ1v) is 14.3. The van der Waals surface area contributed by atoms with Gasteiger partial charge in [-0.05, 0) is 25.2 Å². The molecule has 9 heteroatoms. The number of methoxy groups -OCH3 is 2. The van der Waals surface area contributed by atoms with Crippen LogP contribution < -0.4 is 0 Å². The minimum Gasteiger partial charge on any atom is -0.487 e. The van der Waals surface area contributed by atoms with Crippen LogP contribution in [0, 0.1) is 17.8 Å². The van der Waals surface area contributed by atoms with Crippen molar-refractivity contribution in [3.63, 3.8) is 0 Å². The Morgan fingerprint density at radius 1 is 1.14 bits per heavy atom. The molecule has 0 aromatic rings. The summed E-state index contributed by atoms with van der Waals surface area (Å²) in [5, 5.41) is 10.7. The van der Waals surface area contributed by atoms with E-state index in [1.165, 1.54) is 13.3 Å². The Hall–Kier alpha value is -1.19. The highest BCUT2D eigenvalue weighted by atomic mass is 35.5. The largest absolute Gasteiger partial charge is 0.487 e. The first kappa shape index (κ1) is 27.4.